The van der Waals surface area contributed by atoms with Crippen LogP contribution < -0.4 is 10.1 Å². The van der Waals surface area contributed by atoms with Crippen LogP contribution in [0.25, 0.3) is 10.9 Å². The van der Waals surface area contributed by atoms with Gasteiger partial charge in [-0.25, -0.2) is 4.39 Å². The molecule has 0 fully saturated rings. The Hall–Kier alpha value is -3.21. The number of aromatic nitrogens is 1. The molecule has 0 aliphatic heterocycles. The van der Waals surface area contributed by atoms with Gasteiger partial charge in [0.25, 0.3) is 5.91 Å². The first-order valence-electron chi connectivity index (χ1n) is 8.83. The average Bonchev–Trinajstić information content (AvgIpc) is 2.70. The maximum atomic E-state index is 14.5. The van der Waals surface area contributed by atoms with Crippen LogP contribution in [0.2, 0.25) is 0 Å². The number of nitrogens with one attached hydrogen (secondary N) is 1. The van der Waals surface area contributed by atoms with E-state index in [9.17, 15) is 9.18 Å². The zero-order valence-corrected chi connectivity index (χ0v) is 15.0. The Morgan fingerprint density at radius 3 is 2.96 bits per heavy atom. The molecule has 2 aromatic carbocycles. The van der Waals surface area contributed by atoms with Crippen molar-refractivity contribution in [1.82, 2.24) is 10.3 Å². The predicted octanol–water partition coefficient (Wildman–Crippen LogP) is 4.65. The summed E-state index contributed by atoms with van der Waals surface area (Å²) in [5.41, 5.74) is 1.71. The van der Waals surface area contributed by atoms with E-state index in [4.69, 9.17) is 4.74 Å². The molecule has 0 bridgehead atoms. The number of hydrogen-bond acceptors (Lipinski definition) is 3. The number of unbranched alkanes of at least 4 members (excludes halogenated alkanes) is 1. The monoisotopic (exact) mass is 364 g/mol. The van der Waals surface area contributed by atoms with Crippen LogP contribution in [0, 0.1) is 5.82 Å². The van der Waals surface area contributed by atoms with Crippen LogP contribution in [0.3, 0.4) is 0 Å². The van der Waals surface area contributed by atoms with Gasteiger partial charge in [0.2, 0.25) is 0 Å². The van der Waals surface area contributed by atoms with Crippen LogP contribution in [-0.2, 0) is 6.54 Å². The molecular weight excluding hydrogens is 343 g/mol. The molecule has 1 heterocycles. The Balaban J connectivity index is 1.64. The molecule has 0 saturated heterocycles. The summed E-state index contributed by atoms with van der Waals surface area (Å²) in [4.78, 5) is 16.6. The number of carbonyl (C=O) groups is 1. The number of nitrogens with zero attached hydrogens (tertiary/aromatic N) is 1. The van der Waals surface area contributed by atoms with E-state index in [1.54, 1.807) is 48.7 Å². The maximum Gasteiger partial charge on any atom is 0.251 e. The van der Waals surface area contributed by atoms with Gasteiger partial charge in [0.05, 0.1) is 12.1 Å². The quantitative estimate of drug-likeness (QED) is 0.468. The molecule has 0 atom stereocenters. The highest BCUT2D eigenvalue weighted by Crippen LogP contribution is 2.21. The van der Waals surface area contributed by atoms with Gasteiger partial charge in [-0.1, -0.05) is 24.3 Å². The van der Waals surface area contributed by atoms with Gasteiger partial charge < -0.3 is 10.1 Å². The molecule has 0 aliphatic carbocycles. The highest BCUT2D eigenvalue weighted by Gasteiger charge is 2.12. The lowest BCUT2D eigenvalue weighted by atomic mass is 10.1. The van der Waals surface area contributed by atoms with Crippen molar-refractivity contribution in [2.24, 2.45) is 0 Å². The number of ether oxygens (including phenoxy) is 1. The van der Waals surface area contributed by atoms with E-state index in [0.717, 1.165) is 23.7 Å². The fourth-order valence-electron chi connectivity index (χ4n) is 2.71. The molecule has 4 nitrogen and oxygen atoms in total. The maximum absolute atomic E-state index is 14.5. The van der Waals surface area contributed by atoms with E-state index in [-0.39, 0.29) is 18.2 Å². The molecule has 0 spiro atoms. The Kier molecular flexibility index (Phi) is 6.15. The van der Waals surface area contributed by atoms with Gasteiger partial charge in [0, 0.05) is 29.3 Å². The van der Waals surface area contributed by atoms with Crippen LogP contribution in [0.5, 0.6) is 5.75 Å². The van der Waals surface area contributed by atoms with Gasteiger partial charge in [-0.15, -0.1) is 6.58 Å². The molecule has 3 aromatic rings. The van der Waals surface area contributed by atoms with Crippen molar-refractivity contribution in [3.63, 3.8) is 0 Å². The topological polar surface area (TPSA) is 51.2 Å². The third-order valence-corrected chi connectivity index (χ3v) is 4.16. The summed E-state index contributed by atoms with van der Waals surface area (Å²) >= 11 is 0. The van der Waals surface area contributed by atoms with Crippen LogP contribution >= 0.6 is 0 Å². The van der Waals surface area contributed by atoms with Gasteiger partial charge in [0.1, 0.15) is 0 Å². The number of rotatable bonds is 8. The lowest BCUT2D eigenvalue weighted by Crippen LogP contribution is -2.23. The van der Waals surface area contributed by atoms with E-state index in [2.05, 4.69) is 16.9 Å². The molecule has 0 saturated carbocycles. The smallest absolute Gasteiger partial charge is 0.251 e. The Labute approximate surface area is 157 Å². The number of allylic oxidation sites excluding steroid dienone is 1. The van der Waals surface area contributed by atoms with E-state index in [1.807, 2.05) is 12.1 Å². The minimum atomic E-state index is -0.445. The SMILES string of the molecule is C=CCCCOc1cccc(CNC(=O)c2ccc3ncccc3c2)c1F. The summed E-state index contributed by atoms with van der Waals surface area (Å²) in [5, 5.41) is 3.64. The zero-order valence-electron chi connectivity index (χ0n) is 15.0. The van der Waals surface area contributed by atoms with E-state index in [1.165, 1.54) is 0 Å². The number of carbonyl (C=O) groups excluding carboxylic acids is 1. The molecule has 1 aromatic heterocycles. The second kappa shape index (κ2) is 8.94. The lowest BCUT2D eigenvalue weighted by molar-refractivity contribution is 0.0950. The Bertz CT molecular complexity index is 956. The zero-order chi connectivity index (χ0) is 19.1. The summed E-state index contributed by atoms with van der Waals surface area (Å²) in [6.45, 7) is 4.15. The molecule has 27 heavy (non-hydrogen) atoms. The van der Waals surface area contributed by atoms with Crippen LogP contribution in [0.15, 0.2) is 67.4 Å². The average molecular weight is 364 g/mol. The molecule has 5 heteroatoms. The van der Waals surface area contributed by atoms with Crippen molar-refractivity contribution in [3.8, 4) is 5.75 Å². The molecule has 138 valence electrons. The number of fused-ring (bicyclic) bond motifs is 1. The highest BCUT2D eigenvalue weighted by molar-refractivity contribution is 5.97. The molecule has 0 aliphatic rings. The molecule has 3 rings (SSSR count). The minimum absolute atomic E-state index is 0.0829. The fraction of sp³-hybridized carbons (Fsp3) is 0.182. The van der Waals surface area contributed by atoms with Crippen LogP contribution in [-0.4, -0.2) is 17.5 Å². The highest BCUT2D eigenvalue weighted by atomic mass is 19.1. The standard InChI is InChI=1S/C22H21FN2O2/c1-2-3-4-13-27-20-9-5-7-18(21(20)23)15-25-22(26)17-10-11-19-16(14-17)8-6-12-24-19/h2,5-12,14H,1,3-4,13,15H2,(H,25,26). The first kappa shape index (κ1) is 18.6. The molecular formula is C22H21FN2O2. The van der Waals surface area contributed by atoms with E-state index in [0.29, 0.717) is 17.7 Å². The number of hydrogen-bond donors (Lipinski definition) is 1. The second-order valence-electron chi connectivity index (χ2n) is 6.10. The van der Waals surface area contributed by atoms with E-state index < -0.39 is 5.82 Å². The first-order chi connectivity index (χ1) is 13.2. The van der Waals surface area contributed by atoms with E-state index >= 15 is 0 Å². The number of halogens is 1. The summed E-state index contributed by atoms with van der Waals surface area (Å²) in [7, 11) is 0. The molecule has 1 N–H and O–H groups in total. The van der Waals surface area contributed by atoms with Gasteiger partial charge in [-0.05, 0) is 43.2 Å². The number of benzene rings is 2. The largest absolute Gasteiger partial charge is 0.490 e. The Morgan fingerprint density at radius 1 is 1.22 bits per heavy atom. The number of amides is 1. The van der Waals surface area contributed by atoms with Crippen LogP contribution in [0.4, 0.5) is 4.39 Å². The summed E-state index contributed by atoms with van der Waals surface area (Å²) in [6.07, 6.45) is 5.10. The summed E-state index contributed by atoms with van der Waals surface area (Å²) < 4.78 is 20.0. The van der Waals surface area contributed by atoms with Crippen LogP contribution in [0.1, 0.15) is 28.8 Å². The summed E-state index contributed by atoms with van der Waals surface area (Å²) in [6, 6.07) is 13.9. The van der Waals surface area contributed by atoms with Crippen molar-refractivity contribution in [2.45, 2.75) is 19.4 Å². The first-order valence-corrected chi connectivity index (χ1v) is 8.83. The van der Waals surface area contributed by atoms with Crippen molar-refractivity contribution < 1.29 is 13.9 Å². The fourth-order valence-corrected chi connectivity index (χ4v) is 2.71. The Morgan fingerprint density at radius 2 is 2.11 bits per heavy atom. The van der Waals surface area contributed by atoms with Crippen molar-refractivity contribution in [3.05, 3.63) is 84.3 Å². The van der Waals surface area contributed by atoms with Gasteiger partial charge in [-0.2, -0.15) is 0 Å². The van der Waals surface area contributed by atoms with Crippen molar-refractivity contribution in [1.29, 1.82) is 0 Å². The lowest BCUT2D eigenvalue weighted by Gasteiger charge is -2.11. The summed E-state index contributed by atoms with van der Waals surface area (Å²) in [5.74, 6) is -0.515. The predicted molar refractivity (Wildman–Crippen MR) is 104 cm³/mol. The second-order valence-corrected chi connectivity index (χ2v) is 6.10. The molecule has 1 amide bonds. The number of pyridine rings is 1. The molecule has 0 radical (unpaired) electrons. The normalized spacial score (nSPS) is 10.6. The van der Waals surface area contributed by atoms with Gasteiger partial charge in [-0.3, -0.25) is 9.78 Å². The van der Waals surface area contributed by atoms with Gasteiger partial charge in [0.15, 0.2) is 11.6 Å². The van der Waals surface area contributed by atoms with Gasteiger partial charge >= 0.3 is 0 Å². The molecule has 0 unspecified atom stereocenters. The third kappa shape index (κ3) is 4.70. The minimum Gasteiger partial charge on any atom is -0.490 e. The third-order valence-electron chi connectivity index (χ3n) is 4.16. The van der Waals surface area contributed by atoms with Crippen molar-refractivity contribution in [2.75, 3.05) is 6.61 Å². The van der Waals surface area contributed by atoms with Crippen molar-refractivity contribution >= 4 is 16.8 Å².